The first kappa shape index (κ1) is 40.3. The Morgan fingerprint density at radius 2 is 0.769 bits per heavy atom. The second-order valence-corrected chi connectivity index (χ2v) is 11.6. The second kappa shape index (κ2) is 27.3. The van der Waals surface area contributed by atoms with Crippen molar-refractivity contribution in [3.05, 3.63) is 28.3 Å². The Kier molecular flexibility index (Phi) is 28.2. The largest absolute Gasteiger partial charge is 0.889 e. The van der Waals surface area contributed by atoms with Crippen LogP contribution in [0.4, 0.5) is 0 Å². The fourth-order valence-electron chi connectivity index (χ4n) is 4.80. The maximum absolute atomic E-state index is 10.8. The van der Waals surface area contributed by atoms with Gasteiger partial charge < -0.3 is 19.8 Å². The van der Waals surface area contributed by atoms with Crippen molar-refractivity contribution in [3.63, 3.8) is 0 Å². The van der Waals surface area contributed by atoms with E-state index < -0.39 is 7.12 Å². The van der Waals surface area contributed by atoms with Crippen LogP contribution >= 0.6 is 0 Å². The lowest BCUT2D eigenvalue weighted by Crippen LogP contribution is -3.12. The van der Waals surface area contributed by atoms with Crippen LogP contribution in [0.5, 0.6) is 0 Å². The number of aryl methyl sites for hydroxylation is 1. The molecule has 0 bridgehead atoms. The van der Waals surface area contributed by atoms with Crippen LogP contribution in [0.1, 0.15) is 141 Å². The number of nitrogens with one attached hydrogen (secondary N) is 2. The van der Waals surface area contributed by atoms with Crippen molar-refractivity contribution in [2.75, 3.05) is 39.3 Å². The minimum absolute atomic E-state index is 0.389. The smallest absolute Gasteiger partial charge is 0.0770 e. The number of quaternary nitrogens is 2. The molecule has 39 heavy (non-hydrogen) atoms. The van der Waals surface area contributed by atoms with Crippen LogP contribution in [-0.4, -0.2) is 46.4 Å². The Bertz CT molecular complexity index is 620. The molecule has 0 atom stereocenters. The van der Waals surface area contributed by atoms with Gasteiger partial charge in [0.15, 0.2) is 0 Å². The molecule has 0 aromatic heterocycles. The van der Waals surface area contributed by atoms with Gasteiger partial charge in [0, 0.05) is 0 Å². The number of unbranched alkanes of at least 4 members (excludes halogenated alkanes) is 6. The highest BCUT2D eigenvalue weighted by Gasteiger charge is 2.07. The summed E-state index contributed by atoms with van der Waals surface area (Å²) in [6.45, 7) is 29.8. The molecule has 0 fully saturated rings. The third-order valence-corrected chi connectivity index (χ3v) is 8.08. The zero-order valence-corrected chi connectivity index (χ0v) is 28.2. The Labute approximate surface area is 246 Å². The van der Waals surface area contributed by atoms with E-state index in [1.165, 1.54) is 122 Å². The number of hydrogen-bond donors (Lipinski definition) is 2. The summed E-state index contributed by atoms with van der Waals surface area (Å²) >= 11 is 0. The molecular weight excluding hydrogens is 479 g/mol. The summed E-state index contributed by atoms with van der Waals surface area (Å²) in [6.07, 6.45) is 16.5. The average Bonchev–Trinajstić information content (AvgIpc) is 2.93. The molecule has 5 heteroatoms. The van der Waals surface area contributed by atoms with Crippen molar-refractivity contribution >= 4 is 12.6 Å². The molecule has 0 aliphatic heterocycles. The van der Waals surface area contributed by atoms with E-state index in [0.29, 0.717) is 5.46 Å². The second-order valence-electron chi connectivity index (χ2n) is 11.6. The van der Waals surface area contributed by atoms with Crippen LogP contribution in [0.15, 0.2) is 6.07 Å². The topological polar surface area (TPSA) is 55.0 Å². The van der Waals surface area contributed by atoms with Crippen molar-refractivity contribution in [3.8, 4) is 0 Å². The predicted octanol–water partition coefficient (Wildman–Crippen LogP) is 3.88. The lowest BCUT2D eigenvalue weighted by molar-refractivity contribution is -0.900. The normalized spacial score (nSPS) is 10.8. The summed E-state index contributed by atoms with van der Waals surface area (Å²) in [5.41, 5.74) is 4.49. The zero-order chi connectivity index (χ0) is 30.1. The van der Waals surface area contributed by atoms with E-state index in [0.717, 1.165) is 16.7 Å². The fraction of sp³-hybridized carbons (Fsp3) is 0.824. The summed E-state index contributed by atoms with van der Waals surface area (Å²) in [5.74, 6) is 0. The summed E-state index contributed by atoms with van der Waals surface area (Å²) in [5, 5.41) is 21.6. The van der Waals surface area contributed by atoms with Gasteiger partial charge in [0.1, 0.15) is 0 Å². The molecule has 0 saturated carbocycles. The van der Waals surface area contributed by atoms with E-state index in [1.807, 2.05) is 37.5 Å². The molecule has 1 aromatic rings. The maximum Gasteiger partial charge on any atom is 0.0770 e. The molecule has 0 aliphatic rings. The Morgan fingerprint density at radius 1 is 0.487 bits per heavy atom. The van der Waals surface area contributed by atoms with Gasteiger partial charge in [-0.1, -0.05) is 98.8 Å². The molecule has 0 heterocycles. The summed E-state index contributed by atoms with van der Waals surface area (Å²) in [4.78, 5) is 3.68. The van der Waals surface area contributed by atoms with Gasteiger partial charge in [-0.15, -0.1) is 5.46 Å². The highest BCUT2D eigenvalue weighted by Crippen LogP contribution is 2.14. The highest BCUT2D eigenvalue weighted by atomic mass is 16.4. The van der Waals surface area contributed by atoms with E-state index >= 15 is 0 Å². The molecule has 0 radical (unpaired) electrons. The van der Waals surface area contributed by atoms with Gasteiger partial charge in [0.05, 0.1) is 39.3 Å². The molecule has 1 rings (SSSR count). The molecule has 0 spiro atoms. The Balaban J connectivity index is 0. The minimum Gasteiger partial charge on any atom is -0.889 e. The van der Waals surface area contributed by atoms with Crippen LogP contribution in [-0.2, 0) is 0 Å². The van der Waals surface area contributed by atoms with Crippen LogP contribution < -0.4 is 25.3 Å². The van der Waals surface area contributed by atoms with Gasteiger partial charge in [-0.3, -0.25) is 0 Å². The van der Waals surface area contributed by atoms with Crippen molar-refractivity contribution in [2.45, 2.75) is 146 Å². The molecule has 0 amide bonds. The number of benzene rings is 1. The lowest BCUT2D eigenvalue weighted by Gasteiger charge is -2.31. The van der Waals surface area contributed by atoms with E-state index in [-0.39, 0.29) is 0 Å². The summed E-state index contributed by atoms with van der Waals surface area (Å²) in [6, 6.07) is 1.71. The third kappa shape index (κ3) is 20.6. The molecular formula is C34H69BN2O2. The van der Waals surface area contributed by atoms with Crippen LogP contribution in [0, 0.1) is 27.7 Å². The number of rotatable bonds is 19. The van der Waals surface area contributed by atoms with E-state index in [4.69, 9.17) is 0 Å². The van der Waals surface area contributed by atoms with E-state index in [9.17, 15) is 10.0 Å². The van der Waals surface area contributed by atoms with Gasteiger partial charge in [-0.25, -0.2) is 0 Å². The first-order chi connectivity index (χ1) is 18.6. The lowest BCUT2D eigenvalue weighted by atomic mass is 9.74. The maximum atomic E-state index is 10.8. The van der Waals surface area contributed by atoms with Crippen LogP contribution in [0.2, 0.25) is 0 Å². The first-order valence-corrected chi connectivity index (χ1v) is 16.7. The fourth-order valence-corrected chi connectivity index (χ4v) is 4.80. The monoisotopic (exact) mass is 549 g/mol. The zero-order valence-electron chi connectivity index (χ0n) is 28.2. The minimum atomic E-state index is -1.86. The van der Waals surface area contributed by atoms with Crippen molar-refractivity contribution in [1.82, 2.24) is 0 Å². The van der Waals surface area contributed by atoms with Gasteiger partial charge in [0.2, 0.25) is 0 Å². The van der Waals surface area contributed by atoms with E-state index in [1.54, 1.807) is 6.07 Å². The first-order valence-electron chi connectivity index (χ1n) is 16.7. The highest BCUT2D eigenvalue weighted by molar-refractivity contribution is 6.56. The summed E-state index contributed by atoms with van der Waals surface area (Å²) in [7, 11) is -1.86. The van der Waals surface area contributed by atoms with Gasteiger partial charge in [-0.2, -0.15) is 0 Å². The molecule has 1 aromatic carbocycles. The third-order valence-electron chi connectivity index (χ3n) is 8.08. The van der Waals surface area contributed by atoms with Crippen LogP contribution in [0.3, 0.4) is 0 Å². The Hall–Kier alpha value is -0.875. The molecule has 0 unspecified atom stereocenters. The molecule has 230 valence electrons. The van der Waals surface area contributed by atoms with Gasteiger partial charge >= 0.3 is 0 Å². The van der Waals surface area contributed by atoms with Crippen molar-refractivity contribution in [1.29, 1.82) is 0 Å². The van der Waals surface area contributed by atoms with Gasteiger partial charge in [0.25, 0.3) is 0 Å². The van der Waals surface area contributed by atoms with Crippen molar-refractivity contribution in [2.24, 2.45) is 0 Å². The van der Waals surface area contributed by atoms with Gasteiger partial charge in [-0.05, 0) is 82.9 Å². The quantitative estimate of drug-likeness (QED) is 0.258. The molecule has 2 N–H and O–H groups in total. The SMILES string of the molecule is CCCC[NH+](CCCC)CCCC.CCCC[NH+](CCCC)CCCC.Cc1cc(B([O-])[O-])c(C)c(C)c1C. The predicted molar refractivity (Wildman–Crippen MR) is 171 cm³/mol. The van der Waals surface area contributed by atoms with E-state index in [2.05, 4.69) is 41.5 Å². The number of hydrogen-bond acceptors (Lipinski definition) is 2. The Morgan fingerprint density at radius 3 is 1.00 bits per heavy atom. The molecule has 4 nitrogen and oxygen atoms in total. The molecule has 0 saturated heterocycles. The standard InChI is InChI=1S/2C12H27N.C10H13BO2/c2*1-4-7-10-13(11-8-5-2)12-9-6-3;1-6-5-10(11(12)13)9(4)8(3)7(6)2/h2*4-12H2,1-3H3;5H,1-4H3/q;;-2/p+2. The van der Waals surface area contributed by atoms with Crippen molar-refractivity contribution < 1.29 is 19.8 Å². The van der Waals surface area contributed by atoms with Crippen LogP contribution in [0.25, 0.3) is 0 Å². The average molecular weight is 549 g/mol. The summed E-state index contributed by atoms with van der Waals surface area (Å²) < 4.78 is 0. The molecule has 0 aliphatic carbocycles.